The number of ether oxygens (including phenoxy) is 1. The fraction of sp³-hybridized carbons (Fsp3) is 0.179. The predicted octanol–water partition coefficient (Wildman–Crippen LogP) is 9.28. The smallest absolute Gasteiger partial charge is 0.318 e. The fourth-order valence-electron chi connectivity index (χ4n) is 6.71. The molecule has 15 heteroatoms. The second-order valence-electron chi connectivity index (χ2n) is 12.6. The molecule has 2 N–H and O–H groups in total. The van der Waals surface area contributed by atoms with E-state index >= 15 is 4.39 Å². The van der Waals surface area contributed by atoms with Crippen LogP contribution in [0.2, 0.25) is 10.0 Å². The summed E-state index contributed by atoms with van der Waals surface area (Å²) in [5.74, 6) is -10.5. The summed E-state index contributed by atoms with van der Waals surface area (Å²) >= 11 is 11.6. The number of fused-ring (bicyclic) bond motifs is 2. The van der Waals surface area contributed by atoms with E-state index in [1.807, 2.05) is 0 Å². The number of benzene rings is 4. The summed E-state index contributed by atoms with van der Waals surface area (Å²) in [6, 6.07) is 10.5. The van der Waals surface area contributed by atoms with E-state index in [0.717, 1.165) is 45.5 Å². The minimum absolute atomic E-state index is 0.0555. The average molecular weight is 784 g/mol. The minimum atomic E-state index is -1.28. The number of phenolic OH excluding ortho intramolecular Hbond substituents is 1. The van der Waals surface area contributed by atoms with Gasteiger partial charge >= 0.3 is 11.9 Å². The number of hydrogen-bond acceptors (Lipinski definition) is 6. The van der Waals surface area contributed by atoms with E-state index in [1.165, 1.54) is 38.1 Å². The number of carboxylic acid groups (broad SMARTS) is 1. The Labute approximate surface area is 313 Å². The predicted molar refractivity (Wildman–Crippen MR) is 192 cm³/mol. The molecule has 0 fully saturated rings. The number of carboxylic acids is 1. The fourth-order valence-corrected chi connectivity index (χ4v) is 6.94. The van der Waals surface area contributed by atoms with Crippen molar-refractivity contribution in [3.8, 4) is 11.5 Å². The second kappa shape index (κ2) is 14.6. The summed E-state index contributed by atoms with van der Waals surface area (Å²) in [6.07, 6.45) is -0.190. The number of aromatic nitrogens is 2. The van der Waals surface area contributed by atoms with Gasteiger partial charge in [-0.3, -0.25) is 28.3 Å². The van der Waals surface area contributed by atoms with E-state index in [4.69, 9.17) is 27.9 Å². The zero-order chi connectivity index (χ0) is 39.3. The van der Waals surface area contributed by atoms with Crippen molar-refractivity contribution < 1.29 is 51.7 Å². The molecule has 0 saturated carbocycles. The molecule has 2 aromatic heterocycles. The van der Waals surface area contributed by atoms with Gasteiger partial charge in [0.2, 0.25) is 0 Å². The van der Waals surface area contributed by atoms with Crippen molar-refractivity contribution >= 4 is 68.8 Å². The molecule has 2 heterocycles. The summed E-state index contributed by atoms with van der Waals surface area (Å²) in [4.78, 5) is 53.3. The maximum Gasteiger partial charge on any atom is 0.318 e. The van der Waals surface area contributed by atoms with Crippen molar-refractivity contribution in [3.05, 3.63) is 128 Å². The van der Waals surface area contributed by atoms with Crippen LogP contribution in [0.5, 0.6) is 11.5 Å². The number of aromatic hydroxyl groups is 1. The quantitative estimate of drug-likeness (QED) is 0.0850. The highest BCUT2D eigenvalue weighted by atomic mass is 35.5. The molecule has 1 atom stereocenters. The number of rotatable bonds is 9. The van der Waals surface area contributed by atoms with E-state index in [-0.39, 0.29) is 71.9 Å². The lowest BCUT2D eigenvalue weighted by Crippen LogP contribution is -2.21. The SMILES string of the molecule is CCCC(C(=O)Oc1cc2c(CC(=O)O)c(C)n(C(=O)c3ccc(Cl)c(F)c3)c2cc1F)c1c(C)n(C(=O)c2ccc(Cl)c(F)c2)c2cc(F)c(O)cc12. The zero-order valence-electron chi connectivity index (χ0n) is 28.6. The minimum Gasteiger partial charge on any atom is -0.505 e. The zero-order valence-corrected chi connectivity index (χ0v) is 30.1. The van der Waals surface area contributed by atoms with Crippen molar-refractivity contribution in [3.63, 3.8) is 0 Å². The largest absolute Gasteiger partial charge is 0.505 e. The molecule has 278 valence electrons. The van der Waals surface area contributed by atoms with Crippen molar-refractivity contribution in [2.75, 3.05) is 0 Å². The van der Waals surface area contributed by atoms with Gasteiger partial charge in [0.25, 0.3) is 11.8 Å². The molecule has 6 aromatic rings. The van der Waals surface area contributed by atoms with Crippen molar-refractivity contribution in [1.82, 2.24) is 9.13 Å². The lowest BCUT2D eigenvalue weighted by molar-refractivity contribution is -0.137. The number of carbonyl (C=O) groups is 4. The molecular weight excluding hydrogens is 755 g/mol. The third kappa shape index (κ3) is 6.69. The van der Waals surface area contributed by atoms with E-state index in [0.29, 0.717) is 6.42 Å². The number of carbonyl (C=O) groups excluding carboxylic acids is 3. The summed E-state index contributed by atoms with van der Waals surface area (Å²) < 4.78 is 67.1. The number of hydrogen-bond donors (Lipinski definition) is 2. The van der Waals surface area contributed by atoms with Gasteiger partial charge in [-0.25, -0.2) is 17.6 Å². The number of aliphatic carboxylic acids is 1. The molecule has 9 nitrogen and oxygen atoms in total. The van der Waals surface area contributed by atoms with Gasteiger partial charge in [-0.05, 0) is 79.9 Å². The Morgan fingerprint density at radius 2 is 1.28 bits per heavy atom. The van der Waals surface area contributed by atoms with Gasteiger partial charge in [-0.1, -0.05) is 36.5 Å². The molecule has 0 bridgehead atoms. The molecule has 0 aliphatic carbocycles. The van der Waals surface area contributed by atoms with E-state index < -0.39 is 70.9 Å². The lowest BCUT2D eigenvalue weighted by atomic mass is 9.92. The number of halogens is 6. The highest BCUT2D eigenvalue weighted by molar-refractivity contribution is 6.31. The Morgan fingerprint density at radius 1 is 0.741 bits per heavy atom. The van der Waals surface area contributed by atoms with Crippen LogP contribution in [0.4, 0.5) is 17.6 Å². The standard InChI is InChI=1S/C39H28Cl2F4N2O7/c1-4-5-21(36-18(3)47(32-15-29(44)33(48)12-24(32)36)38(52)20-7-9-26(41)28(43)11-20)39(53)54-34-13-23-22(14-35(49)50)17(2)46(31(23)16-30(34)45)37(51)19-6-8-25(40)27(42)10-19/h6-13,15-16,21,48H,4-5,14H2,1-3H3,(H,49,50). The molecule has 0 saturated heterocycles. The maximum absolute atomic E-state index is 15.9. The van der Waals surface area contributed by atoms with Gasteiger partial charge in [0.05, 0.1) is 33.4 Å². The summed E-state index contributed by atoms with van der Waals surface area (Å²) in [5, 5.41) is 19.7. The maximum atomic E-state index is 15.9. The van der Waals surface area contributed by atoms with Crippen molar-refractivity contribution in [2.24, 2.45) is 0 Å². The Morgan fingerprint density at radius 3 is 1.81 bits per heavy atom. The van der Waals surface area contributed by atoms with E-state index in [1.54, 1.807) is 6.92 Å². The molecule has 54 heavy (non-hydrogen) atoms. The van der Waals surface area contributed by atoms with Gasteiger partial charge in [-0.15, -0.1) is 0 Å². The lowest BCUT2D eigenvalue weighted by Gasteiger charge is -2.17. The van der Waals surface area contributed by atoms with Gasteiger partial charge in [0.15, 0.2) is 23.1 Å². The highest BCUT2D eigenvalue weighted by Crippen LogP contribution is 2.40. The molecule has 6 rings (SSSR count). The number of nitrogens with zero attached hydrogens (tertiary/aromatic N) is 2. The number of phenols is 1. The Balaban J connectivity index is 1.47. The molecule has 4 aromatic carbocycles. The van der Waals surface area contributed by atoms with Crippen LogP contribution in [0.15, 0.2) is 60.7 Å². The van der Waals surface area contributed by atoms with E-state index in [9.17, 15) is 42.6 Å². The first-order chi connectivity index (χ1) is 25.5. The molecule has 0 spiro atoms. The topological polar surface area (TPSA) is 128 Å². The molecule has 0 aliphatic rings. The number of esters is 1. The Kier molecular flexibility index (Phi) is 10.3. The van der Waals surface area contributed by atoms with Gasteiger partial charge in [0, 0.05) is 45.4 Å². The molecule has 1 unspecified atom stereocenters. The van der Waals surface area contributed by atoms with Crippen LogP contribution in [-0.4, -0.2) is 43.1 Å². The normalized spacial score (nSPS) is 12.0. The third-order valence-electron chi connectivity index (χ3n) is 9.20. The van der Waals surface area contributed by atoms with Crippen molar-refractivity contribution in [1.29, 1.82) is 0 Å². The van der Waals surface area contributed by atoms with Crippen LogP contribution < -0.4 is 4.74 Å². The molecule has 0 radical (unpaired) electrons. The van der Waals surface area contributed by atoms with Gasteiger partial charge in [-0.2, -0.15) is 0 Å². The third-order valence-corrected chi connectivity index (χ3v) is 9.81. The van der Waals surface area contributed by atoms with Crippen LogP contribution in [0.25, 0.3) is 21.8 Å². The second-order valence-corrected chi connectivity index (χ2v) is 13.4. The van der Waals surface area contributed by atoms with Gasteiger partial charge < -0.3 is 14.9 Å². The molecular formula is C39H28Cl2F4N2O7. The molecule has 0 aliphatic heterocycles. The first-order valence-corrected chi connectivity index (χ1v) is 17.1. The van der Waals surface area contributed by atoms with E-state index in [2.05, 4.69) is 0 Å². The summed E-state index contributed by atoms with van der Waals surface area (Å²) in [7, 11) is 0. The summed E-state index contributed by atoms with van der Waals surface area (Å²) in [6.45, 7) is 4.64. The van der Waals surface area contributed by atoms with Gasteiger partial charge in [0.1, 0.15) is 11.6 Å². The van der Waals surface area contributed by atoms with Crippen LogP contribution in [0, 0.1) is 37.1 Å². The average Bonchev–Trinajstić information content (AvgIpc) is 3.53. The first-order valence-electron chi connectivity index (χ1n) is 16.3. The monoisotopic (exact) mass is 782 g/mol. The van der Waals surface area contributed by atoms with Crippen LogP contribution in [-0.2, 0) is 16.0 Å². The van der Waals surface area contributed by atoms with Crippen LogP contribution >= 0.6 is 23.2 Å². The van der Waals surface area contributed by atoms with Crippen LogP contribution in [0.1, 0.15) is 68.9 Å². The Hall–Kier alpha value is -5.66. The van der Waals surface area contributed by atoms with Crippen molar-refractivity contribution in [2.45, 2.75) is 46.0 Å². The van der Waals surface area contributed by atoms with Crippen LogP contribution in [0.3, 0.4) is 0 Å². The highest BCUT2D eigenvalue weighted by Gasteiger charge is 2.33. The summed E-state index contributed by atoms with van der Waals surface area (Å²) in [5.41, 5.74) is 0.0239. The first kappa shape index (κ1) is 38.1. The Bertz CT molecular complexity index is 2580. The molecule has 0 amide bonds.